The summed E-state index contributed by atoms with van der Waals surface area (Å²) in [6.07, 6.45) is 5.76. The molecule has 0 amide bonds. The Labute approximate surface area is 178 Å². The van der Waals surface area contributed by atoms with Gasteiger partial charge in [-0.1, -0.05) is 12.1 Å². The molecular weight excluding hydrogens is 404 g/mol. The van der Waals surface area contributed by atoms with Crippen LogP contribution in [0.1, 0.15) is 31.9 Å². The van der Waals surface area contributed by atoms with Crippen LogP contribution in [0.15, 0.2) is 53.7 Å². The predicted octanol–water partition coefficient (Wildman–Crippen LogP) is 2.91. The number of carbonyl (C=O) groups is 1. The molecule has 1 aliphatic rings. The summed E-state index contributed by atoms with van der Waals surface area (Å²) in [6.45, 7) is 9.34. The van der Waals surface area contributed by atoms with E-state index in [1.807, 2.05) is 12.1 Å². The molecule has 0 spiro atoms. The minimum Gasteiger partial charge on any atom is -0.457 e. The number of hydrogen-bond acceptors (Lipinski definition) is 6. The summed E-state index contributed by atoms with van der Waals surface area (Å²) in [5.74, 6) is -0.478. The third-order valence-electron chi connectivity index (χ3n) is 4.52. The molecular formula is C22H28N2O5S. The molecule has 0 atom stereocenters. The quantitative estimate of drug-likeness (QED) is 0.516. The molecule has 0 radical (unpaired) electrons. The third-order valence-corrected chi connectivity index (χ3v) is 6.17. The lowest BCUT2D eigenvalue weighted by Crippen LogP contribution is -2.35. The molecule has 1 saturated heterocycles. The van der Waals surface area contributed by atoms with Gasteiger partial charge in [-0.3, -0.25) is 4.90 Å². The molecule has 1 aliphatic heterocycles. The molecule has 2 aromatic rings. The highest BCUT2D eigenvalue weighted by molar-refractivity contribution is 7.90. The Bertz CT molecular complexity index is 995. The Hall–Kier alpha value is -2.42. The topological polar surface area (TPSA) is 77.8 Å². The number of carbonyl (C=O) groups excluding carboxylic acids is 1. The fraction of sp³-hybridized carbons (Fsp3) is 0.409. The number of esters is 1. The highest BCUT2D eigenvalue weighted by Crippen LogP contribution is 2.18. The molecule has 0 unspecified atom stereocenters. The summed E-state index contributed by atoms with van der Waals surface area (Å²) in [5.41, 5.74) is 1.07. The smallest absolute Gasteiger partial charge is 0.331 e. The Kier molecular flexibility index (Phi) is 6.80. The standard InChI is InChI=1S/C22H28N2O5S/c1-22(2,3)29-21(25)9-6-19-10-11-24(17-19)30(26,27)20-7-4-18(5-8-20)16-23-12-14-28-15-13-23/h4-11,17H,12-16H2,1-3H3/b9-6+. The van der Waals surface area contributed by atoms with Gasteiger partial charge in [0.1, 0.15) is 5.60 Å². The summed E-state index contributed by atoms with van der Waals surface area (Å²) in [7, 11) is -3.70. The average Bonchev–Trinajstić information content (AvgIpc) is 3.16. The van der Waals surface area contributed by atoms with Crippen LogP contribution in [-0.2, 0) is 30.8 Å². The average molecular weight is 433 g/mol. The van der Waals surface area contributed by atoms with Crippen molar-refractivity contribution in [3.8, 4) is 0 Å². The van der Waals surface area contributed by atoms with Crippen LogP contribution >= 0.6 is 0 Å². The van der Waals surface area contributed by atoms with Gasteiger partial charge in [0.2, 0.25) is 0 Å². The summed E-state index contributed by atoms with van der Waals surface area (Å²) >= 11 is 0. The second-order valence-electron chi connectivity index (χ2n) is 8.18. The summed E-state index contributed by atoms with van der Waals surface area (Å²) < 4.78 is 37.5. The molecule has 0 N–H and O–H groups in total. The molecule has 30 heavy (non-hydrogen) atoms. The minimum atomic E-state index is -3.70. The van der Waals surface area contributed by atoms with E-state index in [9.17, 15) is 13.2 Å². The Morgan fingerprint density at radius 1 is 1.13 bits per heavy atom. The zero-order chi connectivity index (χ0) is 21.8. The van der Waals surface area contributed by atoms with Crippen LogP contribution in [0.3, 0.4) is 0 Å². The van der Waals surface area contributed by atoms with E-state index < -0.39 is 21.6 Å². The molecule has 0 saturated carbocycles. The van der Waals surface area contributed by atoms with Gasteiger partial charge in [0, 0.05) is 38.1 Å². The van der Waals surface area contributed by atoms with Gasteiger partial charge < -0.3 is 9.47 Å². The van der Waals surface area contributed by atoms with Crippen molar-refractivity contribution in [2.24, 2.45) is 0 Å². The van der Waals surface area contributed by atoms with E-state index in [1.165, 1.54) is 24.5 Å². The van der Waals surface area contributed by atoms with Crippen molar-refractivity contribution in [1.82, 2.24) is 8.87 Å². The molecule has 8 heteroatoms. The number of hydrogen-bond donors (Lipinski definition) is 0. The zero-order valence-electron chi connectivity index (χ0n) is 17.6. The molecule has 1 aromatic heterocycles. The van der Waals surface area contributed by atoms with Crippen molar-refractivity contribution in [2.75, 3.05) is 26.3 Å². The Morgan fingerprint density at radius 2 is 1.80 bits per heavy atom. The minimum absolute atomic E-state index is 0.214. The molecule has 0 aliphatic carbocycles. The largest absolute Gasteiger partial charge is 0.457 e. The van der Waals surface area contributed by atoms with Crippen molar-refractivity contribution in [2.45, 2.75) is 37.8 Å². The highest BCUT2D eigenvalue weighted by atomic mass is 32.2. The molecule has 1 fully saturated rings. The first-order valence-corrected chi connectivity index (χ1v) is 11.3. The highest BCUT2D eigenvalue weighted by Gasteiger charge is 2.18. The first-order chi connectivity index (χ1) is 14.1. The number of rotatable bonds is 6. The van der Waals surface area contributed by atoms with Gasteiger partial charge >= 0.3 is 5.97 Å². The Morgan fingerprint density at radius 3 is 2.43 bits per heavy atom. The van der Waals surface area contributed by atoms with Gasteiger partial charge in [-0.15, -0.1) is 0 Å². The van der Waals surface area contributed by atoms with E-state index in [0.717, 1.165) is 42.4 Å². The molecule has 1 aromatic carbocycles. The molecule has 3 rings (SSSR count). The lowest BCUT2D eigenvalue weighted by molar-refractivity contribution is -0.148. The van der Waals surface area contributed by atoms with Gasteiger partial charge in [-0.25, -0.2) is 17.2 Å². The van der Waals surface area contributed by atoms with Crippen molar-refractivity contribution < 1.29 is 22.7 Å². The van der Waals surface area contributed by atoms with Crippen molar-refractivity contribution in [3.63, 3.8) is 0 Å². The Balaban J connectivity index is 1.67. The lowest BCUT2D eigenvalue weighted by Gasteiger charge is -2.26. The second-order valence-corrected chi connectivity index (χ2v) is 10.0. The van der Waals surface area contributed by atoms with E-state index in [0.29, 0.717) is 5.56 Å². The van der Waals surface area contributed by atoms with Gasteiger partial charge in [0.25, 0.3) is 10.0 Å². The number of nitrogens with zero attached hydrogens (tertiary/aromatic N) is 2. The molecule has 7 nitrogen and oxygen atoms in total. The third kappa shape index (κ3) is 6.04. The van der Waals surface area contributed by atoms with Crippen LogP contribution in [0, 0.1) is 0 Å². The molecule has 2 heterocycles. The van der Waals surface area contributed by atoms with Crippen LogP contribution in [0.25, 0.3) is 6.08 Å². The number of morpholine rings is 1. The van der Waals surface area contributed by atoms with Crippen LogP contribution in [0.2, 0.25) is 0 Å². The zero-order valence-corrected chi connectivity index (χ0v) is 18.4. The van der Waals surface area contributed by atoms with Crippen LogP contribution in [0.5, 0.6) is 0 Å². The monoisotopic (exact) mass is 432 g/mol. The summed E-state index contributed by atoms with van der Waals surface area (Å²) in [5, 5.41) is 0. The summed E-state index contributed by atoms with van der Waals surface area (Å²) in [6, 6.07) is 8.57. The SMILES string of the molecule is CC(C)(C)OC(=O)/C=C/c1ccn(S(=O)(=O)c2ccc(CN3CCOCC3)cc2)c1. The van der Waals surface area contributed by atoms with E-state index in [-0.39, 0.29) is 4.90 Å². The van der Waals surface area contributed by atoms with Crippen LogP contribution in [-0.4, -0.2) is 55.2 Å². The van der Waals surface area contributed by atoms with E-state index in [1.54, 1.807) is 39.0 Å². The van der Waals surface area contributed by atoms with Gasteiger partial charge in [-0.2, -0.15) is 0 Å². The van der Waals surface area contributed by atoms with Crippen LogP contribution < -0.4 is 0 Å². The number of benzene rings is 1. The maximum Gasteiger partial charge on any atom is 0.331 e. The fourth-order valence-electron chi connectivity index (χ4n) is 3.05. The van der Waals surface area contributed by atoms with Crippen molar-refractivity contribution in [3.05, 3.63) is 59.9 Å². The second kappa shape index (κ2) is 9.16. The molecule has 162 valence electrons. The first-order valence-electron chi connectivity index (χ1n) is 9.87. The fourth-order valence-corrected chi connectivity index (χ4v) is 4.25. The predicted molar refractivity (Wildman–Crippen MR) is 114 cm³/mol. The number of aromatic nitrogens is 1. The van der Waals surface area contributed by atoms with E-state index in [2.05, 4.69) is 4.90 Å². The van der Waals surface area contributed by atoms with E-state index in [4.69, 9.17) is 9.47 Å². The maximum atomic E-state index is 12.9. The van der Waals surface area contributed by atoms with Crippen molar-refractivity contribution in [1.29, 1.82) is 0 Å². The maximum absolute atomic E-state index is 12.9. The van der Waals surface area contributed by atoms with Crippen LogP contribution in [0.4, 0.5) is 0 Å². The van der Waals surface area contributed by atoms with Crippen molar-refractivity contribution >= 4 is 22.1 Å². The lowest BCUT2D eigenvalue weighted by atomic mass is 10.2. The van der Waals surface area contributed by atoms with Gasteiger partial charge in [0.15, 0.2) is 0 Å². The van der Waals surface area contributed by atoms with Gasteiger partial charge in [0.05, 0.1) is 18.1 Å². The molecule has 0 bridgehead atoms. The van der Waals surface area contributed by atoms with Gasteiger partial charge in [-0.05, 0) is 56.2 Å². The normalized spacial score (nSPS) is 16.1. The first kappa shape index (κ1) is 22.3. The number of ether oxygens (including phenoxy) is 2. The summed E-state index contributed by atoms with van der Waals surface area (Å²) in [4.78, 5) is 14.3. The van der Waals surface area contributed by atoms with E-state index >= 15 is 0 Å².